The Morgan fingerprint density at radius 3 is 2.29 bits per heavy atom. The Bertz CT molecular complexity index is 874. The van der Waals surface area contributed by atoms with Gasteiger partial charge in [-0.15, -0.1) is 5.10 Å². The molecule has 0 radical (unpaired) electrons. The van der Waals surface area contributed by atoms with Crippen LogP contribution in [0.25, 0.3) is 5.69 Å². The lowest BCUT2D eigenvalue weighted by Crippen LogP contribution is -2.34. The summed E-state index contributed by atoms with van der Waals surface area (Å²) in [7, 11) is 0. The molecule has 0 aliphatic heterocycles. The monoisotopic (exact) mass is 361 g/mol. The Balaban J connectivity index is 2.24. The predicted octanol–water partition coefficient (Wildman–Crippen LogP) is 4.10. The number of halogens is 2. The van der Waals surface area contributed by atoms with E-state index < -0.39 is 6.03 Å². The van der Waals surface area contributed by atoms with Gasteiger partial charge >= 0.3 is 6.03 Å². The number of nitrogens with zero attached hydrogens (tertiary/aromatic N) is 4. The zero-order chi connectivity index (χ0) is 17.3. The van der Waals surface area contributed by atoms with E-state index in [2.05, 4.69) is 10.1 Å². The van der Waals surface area contributed by atoms with Crippen molar-refractivity contribution in [1.29, 1.82) is 0 Å². The van der Waals surface area contributed by atoms with Crippen molar-refractivity contribution in [3.05, 3.63) is 64.4 Å². The van der Waals surface area contributed by atoms with Gasteiger partial charge in [-0.3, -0.25) is 0 Å². The first-order valence-electron chi connectivity index (χ1n) is 7.01. The Labute approximate surface area is 148 Å². The van der Waals surface area contributed by atoms with Crippen LogP contribution in [0.1, 0.15) is 5.82 Å². The molecule has 0 atom stereocenters. The zero-order valence-electron chi connectivity index (χ0n) is 12.6. The van der Waals surface area contributed by atoms with E-state index in [1.807, 2.05) is 30.3 Å². The summed E-state index contributed by atoms with van der Waals surface area (Å²) < 4.78 is 1.51. The molecule has 6 nitrogen and oxygen atoms in total. The van der Waals surface area contributed by atoms with Crippen molar-refractivity contribution < 1.29 is 4.79 Å². The minimum Gasteiger partial charge on any atom is -0.351 e. The lowest BCUT2D eigenvalue weighted by molar-refractivity contribution is 0.255. The van der Waals surface area contributed by atoms with Crippen LogP contribution in [0.5, 0.6) is 0 Å². The van der Waals surface area contributed by atoms with E-state index in [0.717, 1.165) is 10.6 Å². The Kier molecular flexibility index (Phi) is 4.42. The van der Waals surface area contributed by atoms with Crippen LogP contribution in [0.3, 0.4) is 0 Å². The summed E-state index contributed by atoms with van der Waals surface area (Å²) in [5.41, 5.74) is 6.57. The molecule has 24 heavy (non-hydrogen) atoms. The van der Waals surface area contributed by atoms with Gasteiger partial charge < -0.3 is 5.73 Å². The zero-order valence-corrected chi connectivity index (χ0v) is 14.2. The third-order valence-electron chi connectivity index (χ3n) is 3.28. The molecule has 122 valence electrons. The Morgan fingerprint density at radius 2 is 1.71 bits per heavy atom. The standard InChI is InChI=1S/C16H13Cl2N5O/c1-10-20-16(23(21-10)11-6-3-2-4-7-11)22(15(19)24)14-12(17)8-5-9-13(14)18/h2-9H,1H3,(H2,19,24). The second-order valence-electron chi connectivity index (χ2n) is 4.95. The highest BCUT2D eigenvalue weighted by molar-refractivity contribution is 6.40. The number of urea groups is 1. The number of hydrogen-bond acceptors (Lipinski definition) is 3. The third kappa shape index (κ3) is 2.93. The minimum absolute atomic E-state index is 0.209. The van der Waals surface area contributed by atoms with Gasteiger partial charge in [0.1, 0.15) is 5.82 Å². The van der Waals surface area contributed by atoms with Gasteiger partial charge in [0.05, 0.1) is 21.4 Å². The summed E-state index contributed by atoms with van der Waals surface area (Å²) in [6, 6.07) is 13.4. The number of rotatable bonds is 3. The molecule has 0 aliphatic carbocycles. The van der Waals surface area contributed by atoms with Crippen molar-refractivity contribution in [2.45, 2.75) is 6.92 Å². The molecule has 2 aromatic carbocycles. The van der Waals surface area contributed by atoms with Gasteiger partial charge in [-0.05, 0) is 31.2 Å². The number of aryl methyl sites for hydroxylation is 1. The van der Waals surface area contributed by atoms with E-state index in [1.54, 1.807) is 25.1 Å². The van der Waals surface area contributed by atoms with Crippen molar-refractivity contribution in [2.75, 3.05) is 4.90 Å². The number of anilines is 2. The van der Waals surface area contributed by atoms with Crippen LogP contribution in [-0.4, -0.2) is 20.8 Å². The number of hydrogen-bond donors (Lipinski definition) is 1. The predicted molar refractivity (Wildman–Crippen MR) is 94.3 cm³/mol. The maximum Gasteiger partial charge on any atom is 0.326 e. The summed E-state index contributed by atoms with van der Waals surface area (Å²) in [5.74, 6) is 0.685. The van der Waals surface area contributed by atoms with E-state index >= 15 is 0 Å². The Hall–Kier alpha value is -2.57. The SMILES string of the molecule is Cc1nc(N(C(N)=O)c2c(Cl)cccc2Cl)n(-c2ccccc2)n1. The molecule has 2 amide bonds. The topological polar surface area (TPSA) is 77.0 Å². The summed E-state index contributed by atoms with van der Waals surface area (Å²) in [6.07, 6.45) is 0. The van der Waals surface area contributed by atoms with Crippen molar-refractivity contribution in [1.82, 2.24) is 14.8 Å². The average molecular weight is 362 g/mol. The molecule has 0 unspecified atom stereocenters. The van der Waals surface area contributed by atoms with E-state index in [-0.39, 0.29) is 21.7 Å². The molecule has 0 aliphatic rings. The van der Waals surface area contributed by atoms with Gasteiger partial charge in [0.15, 0.2) is 0 Å². The average Bonchev–Trinajstić information content (AvgIpc) is 2.93. The number of aromatic nitrogens is 3. The molecule has 0 fully saturated rings. The smallest absolute Gasteiger partial charge is 0.326 e. The molecule has 3 rings (SSSR count). The number of amides is 2. The van der Waals surface area contributed by atoms with Crippen LogP contribution in [0.15, 0.2) is 48.5 Å². The van der Waals surface area contributed by atoms with E-state index in [0.29, 0.717) is 5.82 Å². The number of para-hydroxylation sites is 2. The summed E-state index contributed by atoms with van der Waals surface area (Å²) >= 11 is 12.5. The summed E-state index contributed by atoms with van der Waals surface area (Å²) in [5, 5.41) is 4.90. The minimum atomic E-state index is -0.769. The molecular formula is C16H13Cl2N5O. The van der Waals surface area contributed by atoms with Crippen LogP contribution in [0.4, 0.5) is 16.4 Å². The largest absolute Gasteiger partial charge is 0.351 e. The normalized spacial score (nSPS) is 10.6. The first kappa shape index (κ1) is 16.3. The van der Waals surface area contributed by atoms with E-state index in [1.165, 1.54) is 4.68 Å². The number of nitrogens with two attached hydrogens (primary N) is 1. The molecule has 0 spiro atoms. The number of carbonyl (C=O) groups is 1. The van der Waals surface area contributed by atoms with Crippen molar-refractivity contribution in [2.24, 2.45) is 5.73 Å². The molecule has 0 bridgehead atoms. The number of primary amides is 1. The van der Waals surface area contributed by atoms with E-state index in [4.69, 9.17) is 28.9 Å². The molecular weight excluding hydrogens is 349 g/mol. The molecule has 0 saturated carbocycles. The highest BCUT2D eigenvalue weighted by Crippen LogP contribution is 2.37. The van der Waals surface area contributed by atoms with Crippen LogP contribution in [0, 0.1) is 6.92 Å². The van der Waals surface area contributed by atoms with Crippen molar-refractivity contribution in [3.8, 4) is 5.69 Å². The fourth-order valence-corrected chi connectivity index (χ4v) is 2.87. The maximum atomic E-state index is 12.1. The van der Waals surface area contributed by atoms with E-state index in [9.17, 15) is 4.79 Å². The fraction of sp³-hybridized carbons (Fsp3) is 0.0625. The number of carbonyl (C=O) groups excluding carboxylic acids is 1. The van der Waals surface area contributed by atoms with Gasteiger partial charge in [-0.2, -0.15) is 9.67 Å². The van der Waals surface area contributed by atoms with Crippen molar-refractivity contribution in [3.63, 3.8) is 0 Å². The molecule has 2 N–H and O–H groups in total. The lowest BCUT2D eigenvalue weighted by atomic mass is 10.3. The van der Waals surface area contributed by atoms with Crippen LogP contribution < -0.4 is 10.6 Å². The summed E-state index contributed by atoms with van der Waals surface area (Å²) in [6.45, 7) is 1.72. The van der Waals surface area contributed by atoms with Gasteiger partial charge in [-0.25, -0.2) is 9.69 Å². The second kappa shape index (κ2) is 6.51. The highest BCUT2D eigenvalue weighted by Gasteiger charge is 2.26. The lowest BCUT2D eigenvalue weighted by Gasteiger charge is -2.21. The first-order chi connectivity index (χ1) is 11.5. The number of benzene rings is 2. The molecule has 8 heteroatoms. The van der Waals surface area contributed by atoms with Crippen LogP contribution in [-0.2, 0) is 0 Å². The van der Waals surface area contributed by atoms with Gasteiger partial charge in [-0.1, -0.05) is 47.5 Å². The Morgan fingerprint density at radius 1 is 1.08 bits per heavy atom. The molecule has 1 aromatic heterocycles. The van der Waals surface area contributed by atoms with Gasteiger partial charge in [0.2, 0.25) is 5.95 Å². The van der Waals surface area contributed by atoms with Crippen LogP contribution in [0.2, 0.25) is 10.0 Å². The van der Waals surface area contributed by atoms with Gasteiger partial charge in [0, 0.05) is 0 Å². The van der Waals surface area contributed by atoms with Crippen LogP contribution >= 0.6 is 23.2 Å². The van der Waals surface area contributed by atoms with Crippen molar-refractivity contribution >= 4 is 40.9 Å². The third-order valence-corrected chi connectivity index (χ3v) is 3.89. The molecule has 0 saturated heterocycles. The second-order valence-corrected chi connectivity index (χ2v) is 5.76. The highest BCUT2D eigenvalue weighted by atomic mass is 35.5. The summed E-state index contributed by atoms with van der Waals surface area (Å²) in [4.78, 5) is 17.6. The fourth-order valence-electron chi connectivity index (χ4n) is 2.30. The quantitative estimate of drug-likeness (QED) is 0.762. The van der Waals surface area contributed by atoms with Gasteiger partial charge in [0.25, 0.3) is 0 Å². The first-order valence-corrected chi connectivity index (χ1v) is 7.77. The molecule has 1 heterocycles. The molecule has 3 aromatic rings. The maximum absolute atomic E-state index is 12.1.